The summed E-state index contributed by atoms with van der Waals surface area (Å²) in [5.74, 6) is 1.34. The summed E-state index contributed by atoms with van der Waals surface area (Å²) in [6.45, 7) is 5.78. The van der Waals surface area contributed by atoms with Gasteiger partial charge < -0.3 is 9.64 Å². The second-order valence-electron chi connectivity index (χ2n) is 7.20. The monoisotopic (exact) mass is 367 g/mol. The minimum absolute atomic E-state index is 0.0803. The van der Waals surface area contributed by atoms with Gasteiger partial charge in [0.15, 0.2) is 0 Å². The van der Waals surface area contributed by atoms with Crippen LogP contribution in [-0.4, -0.2) is 62.9 Å². The topological polar surface area (TPSA) is 53.1 Å². The molecule has 1 saturated heterocycles. The maximum Gasteiger partial charge on any atom is 0.282 e. The van der Waals surface area contributed by atoms with Crippen LogP contribution >= 0.6 is 0 Å². The quantitative estimate of drug-likeness (QED) is 0.773. The maximum absolute atomic E-state index is 13.0. The molecule has 0 spiro atoms. The average Bonchev–Trinajstić information content (AvgIpc) is 3.45. The number of anilines is 1. The lowest BCUT2D eigenvalue weighted by molar-refractivity contribution is 0.284. The number of ether oxygens (including phenoxy) is 1. The van der Waals surface area contributed by atoms with Crippen LogP contribution in [0.1, 0.15) is 26.7 Å². The van der Waals surface area contributed by atoms with Crippen LogP contribution in [-0.2, 0) is 10.2 Å². The Morgan fingerprint density at radius 1 is 1.28 bits per heavy atom. The summed E-state index contributed by atoms with van der Waals surface area (Å²) in [5.41, 5.74) is 1.07. The fraction of sp³-hybridized carbons (Fsp3) is 0.667. The predicted octanol–water partition coefficient (Wildman–Crippen LogP) is 2.18. The van der Waals surface area contributed by atoms with Crippen molar-refractivity contribution in [3.8, 4) is 5.75 Å². The first kappa shape index (κ1) is 18.5. The van der Waals surface area contributed by atoms with E-state index < -0.39 is 10.2 Å². The Bertz CT molecular complexity index is 705. The van der Waals surface area contributed by atoms with Gasteiger partial charge in [0.2, 0.25) is 0 Å². The van der Waals surface area contributed by atoms with Gasteiger partial charge in [0.25, 0.3) is 10.2 Å². The van der Waals surface area contributed by atoms with E-state index in [1.165, 1.54) is 0 Å². The molecule has 2 atom stereocenters. The molecule has 1 heterocycles. The molecule has 0 radical (unpaired) electrons. The minimum atomic E-state index is -3.40. The highest BCUT2D eigenvalue weighted by Gasteiger charge is 2.40. The van der Waals surface area contributed by atoms with Gasteiger partial charge in [0, 0.05) is 50.5 Å². The maximum atomic E-state index is 13.0. The van der Waals surface area contributed by atoms with Gasteiger partial charge in [-0.1, -0.05) is 6.07 Å². The minimum Gasteiger partial charge on any atom is -0.497 e. The first-order chi connectivity index (χ1) is 11.8. The standard InChI is InChI=1S/C18H29N3O3S/c1-14-13-20(25(22,23)19(3)15(2)16-8-9-16)10-11-21(14)17-6-5-7-18(12-17)24-4/h5-7,12,14-16H,8-11,13H2,1-4H3. The fourth-order valence-corrected chi connectivity index (χ4v) is 5.25. The first-order valence-corrected chi connectivity index (χ1v) is 10.4. The van der Waals surface area contributed by atoms with Gasteiger partial charge in [-0.15, -0.1) is 0 Å². The predicted molar refractivity (Wildman–Crippen MR) is 100 cm³/mol. The molecule has 1 aromatic rings. The van der Waals surface area contributed by atoms with Crippen LogP contribution in [0.2, 0.25) is 0 Å². The van der Waals surface area contributed by atoms with Crippen molar-refractivity contribution in [2.45, 2.75) is 38.8 Å². The van der Waals surface area contributed by atoms with E-state index in [9.17, 15) is 8.42 Å². The van der Waals surface area contributed by atoms with Crippen LogP contribution in [0.25, 0.3) is 0 Å². The van der Waals surface area contributed by atoms with Gasteiger partial charge in [0.05, 0.1) is 7.11 Å². The Morgan fingerprint density at radius 2 is 2.00 bits per heavy atom. The number of methoxy groups -OCH3 is 1. The van der Waals surface area contributed by atoms with Crippen molar-refractivity contribution in [1.29, 1.82) is 0 Å². The number of rotatable bonds is 6. The molecule has 2 unspecified atom stereocenters. The Labute approximate surface area is 151 Å². The molecule has 1 saturated carbocycles. The lowest BCUT2D eigenvalue weighted by Crippen LogP contribution is -2.57. The summed E-state index contributed by atoms with van der Waals surface area (Å²) in [4.78, 5) is 2.25. The number of nitrogens with zero attached hydrogens (tertiary/aromatic N) is 3. The molecule has 2 fully saturated rings. The molecule has 0 aromatic heterocycles. The molecule has 140 valence electrons. The van der Waals surface area contributed by atoms with E-state index in [1.807, 2.05) is 31.2 Å². The highest BCUT2D eigenvalue weighted by Crippen LogP contribution is 2.36. The van der Waals surface area contributed by atoms with Crippen LogP contribution in [0.3, 0.4) is 0 Å². The summed E-state index contributed by atoms with van der Waals surface area (Å²) in [7, 11) is -0.0260. The third-order valence-corrected chi connectivity index (χ3v) is 7.59. The summed E-state index contributed by atoms with van der Waals surface area (Å²) in [6, 6.07) is 8.13. The van der Waals surface area contributed by atoms with E-state index in [1.54, 1.807) is 22.8 Å². The van der Waals surface area contributed by atoms with E-state index in [0.717, 1.165) is 24.3 Å². The lowest BCUT2D eigenvalue weighted by Gasteiger charge is -2.42. The number of benzene rings is 1. The third-order valence-electron chi connectivity index (χ3n) is 5.54. The zero-order valence-corrected chi connectivity index (χ0v) is 16.4. The summed E-state index contributed by atoms with van der Waals surface area (Å²) in [6.07, 6.45) is 2.28. The summed E-state index contributed by atoms with van der Waals surface area (Å²) in [5, 5.41) is 0. The van der Waals surface area contributed by atoms with Crippen molar-refractivity contribution in [2.75, 3.05) is 38.7 Å². The molecule has 6 nitrogen and oxygen atoms in total. The van der Waals surface area contributed by atoms with E-state index in [2.05, 4.69) is 11.8 Å². The van der Waals surface area contributed by atoms with Crippen LogP contribution < -0.4 is 9.64 Å². The second-order valence-corrected chi connectivity index (χ2v) is 9.19. The molecule has 0 bridgehead atoms. The van der Waals surface area contributed by atoms with Gasteiger partial charge >= 0.3 is 0 Å². The molecule has 1 aliphatic carbocycles. The molecule has 1 aromatic carbocycles. The largest absolute Gasteiger partial charge is 0.497 e. The van der Waals surface area contributed by atoms with Crippen LogP contribution in [0.4, 0.5) is 5.69 Å². The van der Waals surface area contributed by atoms with E-state index in [0.29, 0.717) is 25.6 Å². The molecular weight excluding hydrogens is 338 g/mol. The molecule has 3 rings (SSSR count). The normalized spacial score (nSPS) is 23.7. The van der Waals surface area contributed by atoms with Crippen LogP contribution in [0, 0.1) is 5.92 Å². The lowest BCUT2D eigenvalue weighted by atomic mass is 10.1. The van der Waals surface area contributed by atoms with Gasteiger partial charge in [0.1, 0.15) is 5.75 Å². The molecular formula is C18H29N3O3S. The molecule has 25 heavy (non-hydrogen) atoms. The Morgan fingerprint density at radius 3 is 2.60 bits per heavy atom. The van der Waals surface area contributed by atoms with E-state index in [-0.39, 0.29) is 12.1 Å². The van der Waals surface area contributed by atoms with Crippen LogP contribution in [0.5, 0.6) is 5.75 Å². The zero-order valence-electron chi connectivity index (χ0n) is 15.6. The smallest absolute Gasteiger partial charge is 0.282 e. The van der Waals surface area contributed by atoms with Crippen LogP contribution in [0.15, 0.2) is 24.3 Å². The fourth-order valence-electron chi connectivity index (χ4n) is 3.57. The molecule has 2 aliphatic rings. The highest BCUT2D eigenvalue weighted by atomic mass is 32.2. The summed E-state index contributed by atoms with van der Waals surface area (Å²) >= 11 is 0. The molecule has 1 aliphatic heterocycles. The van der Waals surface area contributed by atoms with Gasteiger partial charge in [-0.25, -0.2) is 0 Å². The summed E-state index contributed by atoms with van der Waals surface area (Å²) < 4.78 is 34.4. The van der Waals surface area contributed by atoms with Crippen molar-refractivity contribution < 1.29 is 13.2 Å². The third kappa shape index (κ3) is 3.78. The molecule has 7 heteroatoms. The van der Waals surface area contributed by atoms with Gasteiger partial charge in [-0.2, -0.15) is 17.0 Å². The Kier molecular flexibility index (Phi) is 5.27. The van der Waals surface area contributed by atoms with Crippen molar-refractivity contribution in [3.63, 3.8) is 0 Å². The van der Waals surface area contributed by atoms with Crippen molar-refractivity contribution in [2.24, 2.45) is 5.92 Å². The number of piperazine rings is 1. The Balaban J connectivity index is 1.70. The first-order valence-electron chi connectivity index (χ1n) is 8.98. The van der Waals surface area contributed by atoms with Gasteiger partial charge in [-0.3, -0.25) is 0 Å². The van der Waals surface area contributed by atoms with Crippen molar-refractivity contribution in [1.82, 2.24) is 8.61 Å². The SMILES string of the molecule is COc1cccc(N2CCN(S(=O)(=O)N(C)C(C)C3CC3)CC2C)c1. The molecule has 0 amide bonds. The van der Waals surface area contributed by atoms with Crippen molar-refractivity contribution >= 4 is 15.9 Å². The zero-order chi connectivity index (χ0) is 18.2. The highest BCUT2D eigenvalue weighted by molar-refractivity contribution is 7.86. The average molecular weight is 368 g/mol. The Hall–Kier alpha value is -1.31. The van der Waals surface area contributed by atoms with E-state index >= 15 is 0 Å². The second kappa shape index (κ2) is 7.13. The van der Waals surface area contributed by atoms with E-state index in [4.69, 9.17) is 4.74 Å². The molecule has 0 N–H and O–H groups in total. The van der Waals surface area contributed by atoms with Gasteiger partial charge in [-0.05, 0) is 44.7 Å². The number of hydrogen-bond donors (Lipinski definition) is 0. The van der Waals surface area contributed by atoms with Crippen molar-refractivity contribution in [3.05, 3.63) is 24.3 Å². The number of hydrogen-bond acceptors (Lipinski definition) is 4.